The highest BCUT2D eigenvalue weighted by Gasteiger charge is 2.52. The topological polar surface area (TPSA) is 551 Å². The third-order valence-corrected chi connectivity index (χ3v) is 26.8. The van der Waals surface area contributed by atoms with Gasteiger partial charge in [0, 0.05) is 71.2 Å². The van der Waals surface area contributed by atoms with Gasteiger partial charge in [0.25, 0.3) is 0 Å². The van der Waals surface area contributed by atoms with E-state index in [1.807, 2.05) is 35.4 Å². The number of hydrogen-bond acceptors (Lipinski definition) is 30. The lowest BCUT2D eigenvalue weighted by atomic mass is 9.86. The van der Waals surface area contributed by atoms with Gasteiger partial charge in [0.2, 0.25) is 65.2 Å². The average molecular weight is 1770 g/mol. The summed E-state index contributed by atoms with van der Waals surface area (Å²) in [6.45, 7) is 5.99. The van der Waals surface area contributed by atoms with Gasteiger partial charge >= 0.3 is 0 Å². The molecule has 19 atom stereocenters. The first-order valence-electron chi connectivity index (χ1n) is 38.4. The minimum Gasteiger partial charge on any atom is -0.508 e. The molecule has 5 aromatic rings. The standard InChI is InChI=1S/C78H97Cl2N11O24S4/c1-33(2)22-45(83-5)70(103)90-61-63(98)36-11-14-49(43(79)24-36)111-51-26-38-27-52(67(51)115-77-68(66(101)65(100)53(32-92)113-77)114-56-31-78(4,82)69(102)34(3)110-56)112-50-15-12-37(25-44(50)80)64(99)62-76(109)89-60(72(105)85-18-21-117-116-20-17-84-55(97)9-7-6-8-40-16-19-118-119-40)42-28-39(93)29-48(95)57(42)41-23-35(10-13-47(41)94)58(73(106)91-62)88-74(107)59(38)87-71(104)46(30-54(81)96)86-75(61)108/h10-15,23-29,33-34,40,45-46,53,56,58-66,68-69,77,83,92-95,98-102H,6-9,16-22,30-32,82H2,1-5H3,(H2,81,96)(H,84,97)(H,85,105)(H,86,108)(H,87,104)(H,88,107)(H,89,109)(H,90,103)(H,91,106)/t34-,40?,45+,46-,53+,56-,58+,59+,60-,61+,62-,63+,64+,65+,66-,68+,69+,77-,78-/m0/s1. The van der Waals surface area contributed by atoms with Crippen molar-refractivity contribution in [3.8, 4) is 57.1 Å². The van der Waals surface area contributed by atoms with E-state index in [0.29, 0.717) is 24.0 Å². The summed E-state index contributed by atoms with van der Waals surface area (Å²) in [4.78, 5) is 133. The molecule has 13 rings (SSSR count). The Kier molecular flexibility index (Phi) is 31.2. The Morgan fingerprint density at radius 3 is 1.98 bits per heavy atom. The number of unbranched alkanes of at least 4 members (excludes halogenated alkanes) is 1. The highest BCUT2D eigenvalue weighted by molar-refractivity contribution is 8.77. The van der Waals surface area contributed by atoms with Crippen LogP contribution in [0.3, 0.4) is 0 Å². The highest BCUT2D eigenvalue weighted by Crippen LogP contribution is 2.50. The Morgan fingerprint density at radius 1 is 0.723 bits per heavy atom. The summed E-state index contributed by atoms with van der Waals surface area (Å²) in [5.74, 6) is -12.9. The van der Waals surface area contributed by atoms with Crippen LogP contribution < -0.4 is 73.5 Å². The number of likely N-dealkylation sites (N-methyl/N-ethyl adjacent to an activating group) is 1. The molecule has 41 heteroatoms. The van der Waals surface area contributed by atoms with E-state index in [0.717, 1.165) is 85.7 Å². The molecule has 0 spiro atoms. The van der Waals surface area contributed by atoms with Crippen LogP contribution in [0.4, 0.5) is 0 Å². The fraction of sp³-hybridized carbons (Fsp3) is 0.500. The second-order valence-electron chi connectivity index (χ2n) is 30.2. The monoisotopic (exact) mass is 1770 g/mol. The van der Waals surface area contributed by atoms with E-state index >= 15 is 19.2 Å². The largest absolute Gasteiger partial charge is 0.508 e. The summed E-state index contributed by atoms with van der Waals surface area (Å²) in [5.41, 5.74) is 8.59. The maximum Gasteiger partial charge on any atom is 0.248 e. The zero-order chi connectivity index (χ0) is 86.0. The molecule has 119 heavy (non-hydrogen) atoms. The van der Waals surface area contributed by atoms with E-state index in [1.165, 1.54) is 67.1 Å². The molecule has 9 amide bonds. The number of nitrogens with two attached hydrogens (primary N) is 2. The molecule has 0 radical (unpaired) electrons. The fourth-order valence-corrected chi connectivity index (χ4v) is 19.8. The number of halogens is 2. The lowest BCUT2D eigenvalue weighted by Gasteiger charge is -2.47. The van der Waals surface area contributed by atoms with Gasteiger partial charge in [-0.15, -0.1) is 0 Å². The maximum absolute atomic E-state index is 16.3. The Labute approximate surface area is 709 Å². The first-order valence-corrected chi connectivity index (χ1v) is 44.0. The summed E-state index contributed by atoms with van der Waals surface area (Å²) in [6.07, 6.45) is -14.2. The zero-order valence-electron chi connectivity index (χ0n) is 65.1. The first kappa shape index (κ1) is 91.4. The number of benzene rings is 5. The van der Waals surface area contributed by atoms with Crippen LogP contribution in [0.2, 0.25) is 10.0 Å². The van der Waals surface area contributed by atoms with Crippen LogP contribution in [0, 0.1) is 5.92 Å². The average Bonchev–Trinajstić information content (AvgIpc) is 1.01. The van der Waals surface area contributed by atoms with Gasteiger partial charge in [-0.3, -0.25) is 43.2 Å². The predicted octanol–water partition coefficient (Wildman–Crippen LogP) is 3.35. The highest BCUT2D eigenvalue weighted by atomic mass is 35.5. The van der Waals surface area contributed by atoms with Crippen LogP contribution in [-0.4, -0.2) is 227 Å². The number of primary amides is 1. The molecule has 1 unspecified atom stereocenters. The van der Waals surface area contributed by atoms with Crippen LogP contribution in [0.1, 0.15) is 137 Å². The molecule has 22 N–H and O–H groups in total. The minimum atomic E-state index is -2.35. The molecule has 0 saturated carbocycles. The molecular formula is C78H97Cl2N11O24S4. The normalized spacial score (nSPS) is 28.0. The number of phenols is 3. The van der Waals surface area contributed by atoms with E-state index < -0.39 is 220 Å². The molecular weight excluding hydrogens is 1670 g/mol. The number of carbonyl (C=O) groups is 9. The summed E-state index contributed by atoms with van der Waals surface area (Å²) >= 11 is 14.3. The van der Waals surface area contributed by atoms with Gasteiger partial charge < -0.3 is 134 Å². The molecule has 0 aromatic heterocycles. The summed E-state index contributed by atoms with van der Waals surface area (Å²) in [6, 6.07) is 0.309. The molecule has 8 aliphatic rings. The zero-order valence-corrected chi connectivity index (χ0v) is 69.8. The number of fused-ring (bicyclic) bond motifs is 15. The number of nitrogens with one attached hydrogen (secondary N) is 9. The number of carbonyl (C=O) groups excluding carboxylic acids is 9. The van der Waals surface area contributed by atoms with Gasteiger partial charge in [0.1, 0.15) is 95.5 Å². The van der Waals surface area contributed by atoms with Crippen molar-refractivity contribution in [3.63, 3.8) is 0 Å². The molecule has 646 valence electrons. The second-order valence-corrected chi connectivity index (χ2v) is 36.5. The molecule has 5 aromatic carbocycles. The van der Waals surface area contributed by atoms with Gasteiger partial charge in [0.05, 0.1) is 41.3 Å². The second kappa shape index (κ2) is 40.6. The number of rotatable bonds is 25. The summed E-state index contributed by atoms with van der Waals surface area (Å²) in [7, 11) is 8.01. The van der Waals surface area contributed by atoms with Gasteiger partial charge in [0.15, 0.2) is 23.9 Å². The van der Waals surface area contributed by atoms with Crippen molar-refractivity contribution in [2.24, 2.45) is 17.4 Å². The Balaban J connectivity index is 1.04. The van der Waals surface area contributed by atoms with Crippen molar-refractivity contribution < 1.29 is 118 Å². The fourth-order valence-electron chi connectivity index (χ4n) is 14.5. The van der Waals surface area contributed by atoms with Gasteiger partial charge in [-0.05, 0) is 135 Å². The van der Waals surface area contributed by atoms with Crippen molar-refractivity contribution in [1.82, 2.24) is 47.9 Å². The van der Waals surface area contributed by atoms with E-state index in [4.69, 9.17) is 63.1 Å². The number of ether oxygens (including phenoxy) is 6. The quantitative estimate of drug-likeness (QED) is 0.0294. The van der Waals surface area contributed by atoms with Crippen molar-refractivity contribution >= 4 is 120 Å². The molecule has 8 heterocycles. The lowest BCUT2D eigenvalue weighted by Crippen LogP contribution is -2.64. The van der Waals surface area contributed by atoms with Crippen LogP contribution in [0.5, 0.6) is 46.0 Å². The Hall–Kier alpha value is -8.33. The van der Waals surface area contributed by atoms with Crippen LogP contribution in [-0.2, 0) is 57.4 Å². The molecule has 35 nitrogen and oxygen atoms in total. The van der Waals surface area contributed by atoms with Crippen molar-refractivity contribution in [2.75, 3.05) is 44.0 Å². The number of amides is 9. The minimum absolute atomic E-state index is 0.0625. The van der Waals surface area contributed by atoms with Crippen molar-refractivity contribution in [3.05, 3.63) is 117 Å². The molecule has 11 bridgehead atoms. The van der Waals surface area contributed by atoms with Crippen LogP contribution in [0.25, 0.3) is 11.1 Å². The third kappa shape index (κ3) is 22.3. The van der Waals surface area contributed by atoms with E-state index in [1.54, 1.807) is 0 Å². The Morgan fingerprint density at radius 2 is 1.36 bits per heavy atom. The molecule has 3 saturated heterocycles. The Bertz CT molecular complexity index is 4580. The predicted molar refractivity (Wildman–Crippen MR) is 440 cm³/mol. The van der Waals surface area contributed by atoms with Crippen LogP contribution in [0.15, 0.2) is 78.9 Å². The van der Waals surface area contributed by atoms with E-state index in [-0.39, 0.29) is 81.3 Å². The van der Waals surface area contributed by atoms with Gasteiger partial charge in [-0.1, -0.05) is 105 Å². The smallest absolute Gasteiger partial charge is 0.248 e. The number of phenolic OH excluding ortho intramolecular Hbond substituents is 3. The first-order chi connectivity index (χ1) is 56.6. The number of aliphatic hydroxyl groups excluding tert-OH is 6. The number of aromatic hydroxyl groups is 3. The van der Waals surface area contributed by atoms with E-state index in [9.17, 15) is 69.9 Å². The summed E-state index contributed by atoms with van der Waals surface area (Å²) < 4.78 is 38.7. The third-order valence-electron chi connectivity index (χ3n) is 20.8. The molecule has 3 fully saturated rings. The van der Waals surface area contributed by atoms with Gasteiger partial charge in [-0.2, -0.15) is 0 Å². The molecule has 8 aliphatic heterocycles. The lowest BCUT2D eigenvalue weighted by molar-refractivity contribution is -0.333. The number of hydrogen-bond donors (Lipinski definition) is 20. The van der Waals surface area contributed by atoms with Crippen molar-refractivity contribution in [1.29, 1.82) is 0 Å². The molecule has 0 aliphatic carbocycles. The van der Waals surface area contributed by atoms with E-state index in [2.05, 4.69) is 47.9 Å². The maximum atomic E-state index is 16.3. The van der Waals surface area contributed by atoms with Gasteiger partial charge in [-0.25, -0.2) is 0 Å². The SMILES string of the molecule is CN[C@H](CC(C)C)C(=O)N[C@H]1C(=O)N[C@@H](CC(N)=O)C(=O)N[C@H]2C(=O)N[C@H]3C(=O)N[C@H](C(=O)N[C@H](C(=O)NCCSSCCNC(=O)CCCCC4CCSS4)c4cc(O)cc(O)c4-c4cc3ccc4O)[C@H](O)c3ccc(c(Cl)c3)Oc3cc2cc(c3O[C@@H]2O[C@H](CO)[C@@H](O)[C@H](O)[C@H]2O[C@H]2C[C@](C)(N)[C@H](O)[C@H](C)O2)Oc2ccc(cc2Cl)[C@H]1O. The van der Waals surface area contributed by atoms with Crippen LogP contribution >= 0.6 is 66.4 Å². The number of aliphatic hydroxyl groups is 6. The summed E-state index contributed by atoms with van der Waals surface area (Å²) in [5, 5.41) is 129. The van der Waals surface area contributed by atoms with Crippen molar-refractivity contribution in [2.45, 2.75) is 194 Å².